The van der Waals surface area contributed by atoms with Crippen LogP contribution in [0.4, 0.5) is 4.79 Å². The number of carbonyl (C=O) groups is 1. The highest BCUT2D eigenvalue weighted by Gasteiger charge is 2.41. The number of alkyl carbamates (subject to hydrolysis) is 1. The highest BCUT2D eigenvalue weighted by Crippen LogP contribution is 2.41. The predicted octanol–water partition coefficient (Wildman–Crippen LogP) is 3.05. The highest BCUT2D eigenvalue weighted by atomic mass is 16.6. The van der Waals surface area contributed by atoms with Crippen molar-refractivity contribution in [3.8, 4) is 0 Å². The summed E-state index contributed by atoms with van der Waals surface area (Å²) < 4.78 is 5.37. The van der Waals surface area contributed by atoms with Gasteiger partial charge in [-0.15, -0.1) is 0 Å². The monoisotopic (exact) mass is 276 g/mol. The van der Waals surface area contributed by atoms with E-state index in [0.29, 0.717) is 6.54 Å². The van der Waals surface area contributed by atoms with Crippen molar-refractivity contribution in [2.75, 3.05) is 0 Å². The van der Waals surface area contributed by atoms with Crippen LogP contribution in [0.3, 0.4) is 0 Å². The molecule has 0 unspecified atom stereocenters. The van der Waals surface area contributed by atoms with E-state index < -0.39 is 5.60 Å². The number of ether oxygens (including phenoxy) is 1. The number of hydrogen-bond donors (Lipinski definition) is 2. The number of nitrogens with two attached hydrogens (primary N) is 1. The van der Waals surface area contributed by atoms with E-state index in [9.17, 15) is 4.79 Å². The van der Waals surface area contributed by atoms with Crippen molar-refractivity contribution in [2.45, 2.75) is 57.7 Å². The van der Waals surface area contributed by atoms with Gasteiger partial charge in [0.15, 0.2) is 0 Å². The minimum absolute atomic E-state index is 0.284. The van der Waals surface area contributed by atoms with E-state index in [2.05, 4.69) is 17.4 Å². The zero-order valence-electron chi connectivity index (χ0n) is 12.5. The van der Waals surface area contributed by atoms with E-state index in [0.717, 1.165) is 30.4 Å². The van der Waals surface area contributed by atoms with Gasteiger partial charge in [0.05, 0.1) is 5.54 Å². The molecule has 0 radical (unpaired) electrons. The molecule has 2 rings (SSSR count). The number of rotatable bonds is 3. The van der Waals surface area contributed by atoms with Gasteiger partial charge >= 0.3 is 6.09 Å². The molecule has 110 valence electrons. The van der Waals surface area contributed by atoms with E-state index in [1.54, 1.807) is 0 Å². The van der Waals surface area contributed by atoms with Gasteiger partial charge in [0.25, 0.3) is 0 Å². The number of amides is 1. The summed E-state index contributed by atoms with van der Waals surface area (Å²) in [6.07, 6.45) is 2.65. The van der Waals surface area contributed by atoms with Crippen LogP contribution in [-0.2, 0) is 16.8 Å². The van der Waals surface area contributed by atoms with Gasteiger partial charge in [-0.3, -0.25) is 0 Å². The van der Waals surface area contributed by atoms with Crippen LogP contribution in [0.15, 0.2) is 24.3 Å². The maximum atomic E-state index is 12.0. The van der Waals surface area contributed by atoms with Crippen LogP contribution >= 0.6 is 0 Å². The Morgan fingerprint density at radius 2 is 2.10 bits per heavy atom. The predicted molar refractivity (Wildman–Crippen MR) is 79.2 cm³/mol. The van der Waals surface area contributed by atoms with E-state index in [1.165, 1.54) is 0 Å². The molecule has 1 aliphatic carbocycles. The third kappa shape index (κ3) is 3.31. The normalized spacial score (nSPS) is 17.2. The van der Waals surface area contributed by atoms with E-state index in [1.807, 2.05) is 32.9 Å². The molecule has 1 saturated carbocycles. The molecule has 1 aromatic carbocycles. The smallest absolute Gasteiger partial charge is 0.408 e. The van der Waals surface area contributed by atoms with Crippen molar-refractivity contribution in [2.24, 2.45) is 5.73 Å². The number of hydrogen-bond acceptors (Lipinski definition) is 3. The largest absolute Gasteiger partial charge is 0.444 e. The Bertz CT molecular complexity index is 487. The Morgan fingerprint density at radius 3 is 2.60 bits per heavy atom. The minimum atomic E-state index is -0.478. The Hall–Kier alpha value is -1.55. The second kappa shape index (κ2) is 5.44. The lowest BCUT2D eigenvalue weighted by Crippen LogP contribution is -2.52. The molecular weight excluding hydrogens is 252 g/mol. The number of benzene rings is 1. The van der Waals surface area contributed by atoms with Gasteiger partial charge in [0.1, 0.15) is 5.60 Å². The lowest BCUT2D eigenvalue weighted by molar-refractivity contribution is 0.0377. The van der Waals surface area contributed by atoms with Gasteiger partial charge in [0, 0.05) is 6.54 Å². The molecule has 0 spiro atoms. The molecule has 0 heterocycles. The highest BCUT2D eigenvalue weighted by molar-refractivity contribution is 5.69. The molecule has 1 aliphatic rings. The van der Waals surface area contributed by atoms with E-state index >= 15 is 0 Å². The quantitative estimate of drug-likeness (QED) is 0.891. The van der Waals surface area contributed by atoms with Crippen LogP contribution in [0.1, 0.15) is 51.2 Å². The van der Waals surface area contributed by atoms with Crippen molar-refractivity contribution in [3.63, 3.8) is 0 Å². The van der Waals surface area contributed by atoms with Gasteiger partial charge in [-0.1, -0.05) is 24.3 Å². The van der Waals surface area contributed by atoms with Gasteiger partial charge in [-0.05, 0) is 51.2 Å². The van der Waals surface area contributed by atoms with Crippen molar-refractivity contribution in [1.29, 1.82) is 0 Å². The fraction of sp³-hybridized carbons (Fsp3) is 0.562. The molecule has 0 aromatic heterocycles. The molecule has 0 atom stereocenters. The molecule has 3 N–H and O–H groups in total. The standard InChI is InChI=1S/C16H24N2O2/c1-15(2,3)20-14(19)18-16(8-5-9-16)13-7-4-6-12(10-13)11-17/h4,6-7,10H,5,8-9,11,17H2,1-3H3,(H,18,19). The second-order valence-corrected chi connectivity index (χ2v) is 6.47. The van der Waals surface area contributed by atoms with Gasteiger partial charge in [-0.25, -0.2) is 4.79 Å². The summed E-state index contributed by atoms with van der Waals surface area (Å²) in [6, 6.07) is 8.13. The number of carbonyl (C=O) groups excluding carboxylic acids is 1. The van der Waals surface area contributed by atoms with Crippen molar-refractivity contribution in [3.05, 3.63) is 35.4 Å². The molecule has 4 nitrogen and oxygen atoms in total. The first-order valence-corrected chi connectivity index (χ1v) is 7.15. The first-order valence-electron chi connectivity index (χ1n) is 7.15. The number of nitrogens with one attached hydrogen (secondary N) is 1. The minimum Gasteiger partial charge on any atom is -0.444 e. The topological polar surface area (TPSA) is 64.3 Å². The third-order valence-electron chi connectivity index (χ3n) is 3.66. The van der Waals surface area contributed by atoms with Crippen LogP contribution in [-0.4, -0.2) is 11.7 Å². The lowest BCUT2D eigenvalue weighted by atomic mass is 9.71. The summed E-state index contributed by atoms with van der Waals surface area (Å²) in [5.41, 5.74) is 7.14. The lowest BCUT2D eigenvalue weighted by Gasteiger charge is -2.43. The summed E-state index contributed by atoms with van der Waals surface area (Å²) in [5.74, 6) is 0. The van der Waals surface area contributed by atoms with Crippen molar-refractivity contribution < 1.29 is 9.53 Å². The summed E-state index contributed by atoms with van der Waals surface area (Å²) in [7, 11) is 0. The third-order valence-corrected chi connectivity index (χ3v) is 3.66. The zero-order valence-corrected chi connectivity index (χ0v) is 12.5. The summed E-state index contributed by atoms with van der Waals surface area (Å²) >= 11 is 0. The van der Waals surface area contributed by atoms with Gasteiger partial charge in [-0.2, -0.15) is 0 Å². The summed E-state index contributed by atoms with van der Waals surface area (Å²) in [5, 5.41) is 3.05. The summed E-state index contributed by atoms with van der Waals surface area (Å²) in [4.78, 5) is 12.0. The van der Waals surface area contributed by atoms with Crippen LogP contribution in [0.25, 0.3) is 0 Å². The molecule has 0 bridgehead atoms. The summed E-state index contributed by atoms with van der Waals surface area (Å²) in [6.45, 7) is 6.12. The maximum Gasteiger partial charge on any atom is 0.408 e. The fourth-order valence-corrected chi connectivity index (χ4v) is 2.51. The van der Waals surface area contributed by atoms with Crippen LogP contribution in [0.5, 0.6) is 0 Å². The molecule has 1 fully saturated rings. The van der Waals surface area contributed by atoms with Crippen LogP contribution < -0.4 is 11.1 Å². The molecule has 1 amide bonds. The van der Waals surface area contributed by atoms with E-state index in [4.69, 9.17) is 10.5 Å². The van der Waals surface area contributed by atoms with Crippen LogP contribution in [0, 0.1) is 0 Å². The second-order valence-electron chi connectivity index (χ2n) is 6.47. The van der Waals surface area contributed by atoms with Gasteiger partial charge in [0.2, 0.25) is 0 Å². The van der Waals surface area contributed by atoms with Crippen LogP contribution in [0.2, 0.25) is 0 Å². The molecule has 4 heteroatoms. The first-order chi connectivity index (χ1) is 9.35. The average molecular weight is 276 g/mol. The molecule has 20 heavy (non-hydrogen) atoms. The maximum absolute atomic E-state index is 12.0. The Labute approximate surface area is 120 Å². The SMILES string of the molecule is CC(C)(C)OC(=O)NC1(c2cccc(CN)c2)CCC1. The van der Waals surface area contributed by atoms with Crippen molar-refractivity contribution >= 4 is 6.09 Å². The molecule has 0 saturated heterocycles. The van der Waals surface area contributed by atoms with E-state index in [-0.39, 0.29) is 11.6 Å². The zero-order chi connectivity index (χ0) is 14.8. The van der Waals surface area contributed by atoms with Crippen molar-refractivity contribution in [1.82, 2.24) is 5.32 Å². The first kappa shape index (κ1) is 14.9. The Balaban J connectivity index is 2.15. The Morgan fingerprint density at radius 1 is 1.40 bits per heavy atom. The Kier molecular flexibility index (Phi) is 4.04. The molecule has 1 aromatic rings. The van der Waals surface area contributed by atoms with Gasteiger partial charge < -0.3 is 15.8 Å². The fourth-order valence-electron chi connectivity index (χ4n) is 2.51. The molecular formula is C16H24N2O2. The average Bonchev–Trinajstić information content (AvgIpc) is 2.31. The molecule has 0 aliphatic heterocycles.